The molecule has 3 rings (SSSR count). The maximum absolute atomic E-state index is 13.1. The van der Waals surface area contributed by atoms with E-state index in [1.807, 2.05) is 6.92 Å². The van der Waals surface area contributed by atoms with Gasteiger partial charge in [0.15, 0.2) is 0 Å². The number of alkyl halides is 3. The quantitative estimate of drug-likeness (QED) is 0.827. The Morgan fingerprint density at radius 3 is 2.62 bits per heavy atom. The fraction of sp³-hybridized carbons (Fsp3) is 0.632. The number of carbonyl (C=O) groups excluding carboxylic acids is 1. The summed E-state index contributed by atoms with van der Waals surface area (Å²) in [6, 6.07) is 5.29. The predicted octanol–water partition coefficient (Wildman–Crippen LogP) is 3.85. The molecule has 7 heteroatoms. The lowest BCUT2D eigenvalue weighted by molar-refractivity contribution is -0.137. The molecule has 1 aromatic rings. The summed E-state index contributed by atoms with van der Waals surface area (Å²) < 4.78 is 44.7. The average Bonchev–Trinajstić information content (AvgIpc) is 3.45. The second kappa shape index (κ2) is 7.47. The van der Waals surface area contributed by atoms with Crippen molar-refractivity contribution in [3.8, 4) is 0 Å². The summed E-state index contributed by atoms with van der Waals surface area (Å²) in [6.07, 6.45) is -0.966. The Balaban J connectivity index is 1.73. The molecular weight excluding hydrogens is 345 g/mol. The van der Waals surface area contributed by atoms with Gasteiger partial charge < -0.3 is 15.4 Å². The fourth-order valence-corrected chi connectivity index (χ4v) is 3.58. The van der Waals surface area contributed by atoms with E-state index in [0.29, 0.717) is 44.1 Å². The van der Waals surface area contributed by atoms with Gasteiger partial charge in [0.05, 0.1) is 5.56 Å². The molecule has 144 valence electrons. The molecule has 1 aromatic carbocycles. The number of rotatable bonds is 5. The molecule has 1 heterocycles. The maximum Gasteiger partial charge on any atom is 0.416 e. The summed E-state index contributed by atoms with van der Waals surface area (Å²) in [6.45, 7) is 3.21. The van der Waals surface area contributed by atoms with Crippen LogP contribution in [0, 0.1) is 5.92 Å². The molecule has 1 saturated heterocycles. The van der Waals surface area contributed by atoms with Crippen molar-refractivity contribution in [1.82, 2.24) is 10.6 Å². The summed E-state index contributed by atoms with van der Waals surface area (Å²) in [5, 5.41) is 5.80. The molecule has 1 unspecified atom stereocenters. The summed E-state index contributed by atoms with van der Waals surface area (Å²) in [4.78, 5) is 12.2. The van der Waals surface area contributed by atoms with Crippen molar-refractivity contribution >= 4 is 6.03 Å². The molecule has 1 atom stereocenters. The van der Waals surface area contributed by atoms with Crippen LogP contribution in [0.4, 0.5) is 18.0 Å². The highest BCUT2D eigenvalue weighted by atomic mass is 19.4. The molecule has 26 heavy (non-hydrogen) atoms. The Morgan fingerprint density at radius 2 is 2.00 bits per heavy atom. The van der Waals surface area contributed by atoms with Crippen LogP contribution in [-0.4, -0.2) is 31.8 Å². The third-order valence-corrected chi connectivity index (χ3v) is 5.53. The van der Waals surface area contributed by atoms with E-state index >= 15 is 0 Å². The number of nitrogens with one attached hydrogen (secondary N) is 2. The Labute approximate surface area is 151 Å². The van der Waals surface area contributed by atoms with Crippen LogP contribution in [0.25, 0.3) is 0 Å². The number of benzene rings is 1. The first-order valence-corrected chi connectivity index (χ1v) is 9.10. The van der Waals surface area contributed by atoms with E-state index in [0.717, 1.165) is 18.9 Å². The van der Waals surface area contributed by atoms with Crippen molar-refractivity contribution in [2.24, 2.45) is 5.92 Å². The van der Waals surface area contributed by atoms with Gasteiger partial charge in [-0.15, -0.1) is 0 Å². The zero-order valence-electron chi connectivity index (χ0n) is 14.9. The van der Waals surface area contributed by atoms with E-state index in [1.165, 1.54) is 12.1 Å². The molecule has 1 aliphatic heterocycles. The van der Waals surface area contributed by atoms with E-state index < -0.39 is 17.2 Å². The molecule has 2 amide bonds. The first-order chi connectivity index (χ1) is 12.3. The molecule has 1 saturated carbocycles. The van der Waals surface area contributed by atoms with E-state index in [1.54, 1.807) is 6.07 Å². The third kappa shape index (κ3) is 4.50. The Hall–Kier alpha value is -1.76. The third-order valence-electron chi connectivity index (χ3n) is 5.53. The lowest BCUT2D eigenvalue weighted by Gasteiger charge is -2.38. The highest BCUT2D eigenvalue weighted by Gasteiger charge is 2.38. The largest absolute Gasteiger partial charge is 0.416 e. The number of hydrogen-bond acceptors (Lipinski definition) is 2. The zero-order chi connectivity index (χ0) is 18.8. The average molecular weight is 370 g/mol. The van der Waals surface area contributed by atoms with Gasteiger partial charge in [-0.1, -0.05) is 18.2 Å². The summed E-state index contributed by atoms with van der Waals surface area (Å²) in [5.74, 6) is 0.543. The zero-order valence-corrected chi connectivity index (χ0v) is 14.9. The van der Waals surface area contributed by atoms with Crippen LogP contribution in [0.2, 0.25) is 0 Å². The van der Waals surface area contributed by atoms with Gasteiger partial charge in [-0.3, -0.25) is 0 Å². The van der Waals surface area contributed by atoms with Gasteiger partial charge in [0, 0.05) is 31.2 Å². The summed E-state index contributed by atoms with van der Waals surface area (Å²) in [5.41, 5.74) is -0.599. The molecular formula is C19H25F3N2O2. The first-order valence-electron chi connectivity index (χ1n) is 9.10. The van der Waals surface area contributed by atoms with Crippen LogP contribution >= 0.6 is 0 Å². The van der Waals surface area contributed by atoms with Gasteiger partial charge in [0.2, 0.25) is 0 Å². The van der Waals surface area contributed by atoms with Gasteiger partial charge in [-0.2, -0.15) is 13.2 Å². The van der Waals surface area contributed by atoms with Crippen molar-refractivity contribution < 1.29 is 22.7 Å². The van der Waals surface area contributed by atoms with Gasteiger partial charge in [0.1, 0.15) is 0 Å². The predicted molar refractivity (Wildman–Crippen MR) is 91.9 cm³/mol. The van der Waals surface area contributed by atoms with Crippen molar-refractivity contribution in [2.45, 2.75) is 50.2 Å². The first kappa shape index (κ1) is 19.0. The monoisotopic (exact) mass is 370 g/mol. The highest BCUT2D eigenvalue weighted by molar-refractivity contribution is 5.74. The molecule has 0 aromatic heterocycles. The highest BCUT2D eigenvalue weighted by Crippen LogP contribution is 2.38. The molecule has 4 nitrogen and oxygen atoms in total. The molecule has 0 bridgehead atoms. The van der Waals surface area contributed by atoms with Gasteiger partial charge >= 0.3 is 12.2 Å². The SMILES string of the molecule is CC(NC(=O)NCC1(c2cccc(C(F)(F)F)c2)CCOCC1)C1CC1. The van der Waals surface area contributed by atoms with Crippen LogP contribution in [0.15, 0.2) is 24.3 Å². The van der Waals surface area contributed by atoms with Crippen molar-refractivity contribution in [3.63, 3.8) is 0 Å². The molecule has 2 N–H and O–H groups in total. The normalized spacial score (nSPS) is 21.1. The number of carbonyl (C=O) groups is 1. The van der Waals surface area contributed by atoms with Crippen molar-refractivity contribution in [2.75, 3.05) is 19.8 Å². The molecule has 0 spiro atoms. The van der Waals surface area contributed by atoms with Gasteiger partial charge in [-0.25, -0.2) is 4.79 Å². The molecule has 0 radical (unpaired) electrons. The number of halogens is 3. The van der Waals surface area contributed by atoms with E-state index in [9.17, 15) is 18.0 Å². The lowest BCUT2D eigenvalue weighted by atomic mass is 9.73. The second-order valence-corrected chi connectivity index (χ2v) is 7.42. The molecule has 2 aliphatic rings. The second-order valence-electron chi connectivity index (χ2n) is 7.42. The van der Waals surface area contributed by atoms with E-state index in [-0.39, 0.29) is 12.1 Å². The van der Waals surface area contributed by atoms with Crippen LogP contribution in [0.1, 0.15) is 43.7 Å². The fourth-order valence-electron chi connectivity index (χ4n) is 3.58. The van der Waals surface area contributed by atoms with Gasteiger partial charge in [-0.05, 0) is 50.2 Å². The minimum absolute atomic E-state index is 0.120. The van der Waals surface area contributed by atoms with Gasteiger partial charge in [0.25, 0.3) is 0 Å². The minimum Gasteiger partial charge on any atom is -0.381 e. The number of urea groups is 1. The van der Waals surface area contributed by atoms with E-state index in [4.69, 9.17) is 4.74 Å². The number of ether oxygens (including phenoxy) is 1. The Bertz CT molecular complexity index is 638. The smallest absolute Gasteiger partial charge is 0.381 e. The van der Waals surface area contributed by atoms with E-state index in [2.05, 4.69) is 10.6 Å². The summed E-state index contributed by atoms with van der Waals surface area (Å²) in [7, 11) is 0. The lowest BCUT2D eigenvalue weighted by Crippen LogP contribution is -2.49. The van der Waals surface area contributed by atoms with Crippen LogP contribution in [-0.2, 0) is 16.3 Å². The van der Waals surface area contributed by atoms with Crippen LogP contribution < -0.4 is 10.6 Å². The number of amides is 2. The maximum atomic E-state index is 13.1. The van der Waals surface area contributed by atoms with Crippen molar-refractivity contribution in [3.05, 3.63) is 35.4 Å². The Morgan fingerprint density at radius 1 is 1.31 bits per heavy atom. The minimum atomic E-state index is -4.38. The van der Waals surface area contributed by atoms with Crippen molar-refractivity contribution in [1.29, 1.82) is 0 Å². The molecule has 2 fully saturated rings. The standard InChI is InChI=1S/C19H25F3N2O2/c1-13(14-5-6-14)24-17(25)23-12-18(7-9-26-10-8-18)15-3-2-4-16(11-15)19(20,21)22/h2-4,11,13-14H,5-10,12H2,1H3,(H2,23,24,25). The van der Waals surface area contributed by atoms with Crippen LogP contribution in [0.3, 0.4) is 0 Å². The molecule has 1 aliphatic carbocycles. The number of hydrogen-bond donors (Lipinski definition) is 2. The topological polar surface area (TPSA) is 50.4 Å². The summed E-state index contributed by atoms with van der Waals surface area (Å²) >= 11 is 0. The van der Waals surface area contributed by atoms with Crippen LogP contribution in [0.5, 0.6) is 0 Å². The Kier molecular flexibility index (Phi) is 5.46.